The highest BCUT2D eigenvalue weighted by atomic mass is 32.2. The fourth-order valence-electron chi connectivity index (χ4n) is 3.32. The van der Waals surface area contributed by atoms with Crippen molar-refractivity contribution in [3.8, 4) is 0 Å². The number of thiazole rings is 1. The van der Waals surface area contributed by atoms with Gasteiger partial charge >= 0.3 is 5.97 Å². The van der Waals surface area contributed by atoms with Gasteiger partial charge in [-0.25, -0.2) is 18.2 Å². The summed E-state index contributed by atoms with van der Waals surface area (Å²) >= 11 is 1.43. The zero-order valence-corrected chi connectivity index (χ0v) is 15.6. The number of sulfone groups is 1. The molecule has 0 spiro atoms. The molecule has 4 rings (SSSR count). The van der Waals surface area contributed by atoms with Crippen molar-refractivity contribution in [1.82, 2.24) is 9.88 Å². The number of carbonyl (C=O) groups excluding carboxylic acids is 2. The number of nitrogens with zero attached hydrogens (tertiary/aromatic N) is 2. The van der Waals surface area contributed by atoms with Crippen LogP contribution in [0.3, 0.4) is 0 Å². The molecule has 1 aromatic heterocycles. The minimum atomic E-state index is -3.08. The molecule has 1 aliphatic carbocycles. The van der Waals surface area contributed by atoms with Crippen LogP contribution in [0.1, 0.15) is 29.6 Å². The summed E-state index contributed by atoms with van der Waals surface area (Å²) in [7, 11) is -3.08. The van der Waals surface area contributed by atoms with Crippen LogP contribution >= 0.6 is 11.3 Å². The van der Waals surface area contributed by atoms with Gasteiger partial charge in [0.2, 0.25) is 0 Å². The van der Waals surface area contributed by atoms with Crippen LogP contribution in [0.5, 0.6) is 0 Å². The molecule has 2 aliphatic rings. The van der Waals surface area contributed by atoms with E-state index in [9.17, 15) is 18.0 Å². The van der Waals surface area contributed by atoms with Crippen LogP contribution in [0.25, 0.3) is 10.2 Å². The smallest absolute Gasteiger partial charge is 0.338 e. The van der Waals surface area contributed by atoms with Crippen LogP contribution in [0.2, 0.25) is 0 Å². The van der Waals surface area contributed by atoms with Crippen LogP contribution in [0.4, 0.5) is 0 Å². The maximum atomic E-state index is 12.6. The van der Waals surface area contributed by atoms with Gasteiger partial charge in [0.1, 0.15) is 0 Å². The number of hydrogen-bond acceptors (Lipinski definition) is 7. The fourth-order valence-corrected chi connectivity index (χ4v) is 5.75. The van der Waals surface area contributed by atoms with E-state index in [4.69, 9.17) is 4.74 Å². The summed E-state index contributed by atoms with van der Waals surface area (Å²) in [6, 6.07) is 4.84. The number of rotatable bonds is 5. The predicted octanol–water partition coefficient (Wildman–Crippen LogP) is 1.63. The maximum absolute atomic E-state index is 12.6. The lowest BCUT2D eigenvalue weighted by molar-refractivity contribution is -0.137. The number of ether oxygens (including phenoxy) is 1. The second kappa shape index (κ2) is 6.62. The zero-order valence-electron chi connectivity index (χ0n) is 14.0. The van der Waals surface area contributed by atoms with Gasteiger partial charge in [-0.1, -0.05) is 0 Å². The SMILES string of the molecule is O=C(OCC(=O)N(C1CC1)[C@H]1CCS(=O)(=O)C1)c1ccc2ncsc2c1. The number of benzene rings is 1. The summed E-state index contributed by atoms with van der Waals surface area (Å²) in [4.78, 5) is 30.6. The van der Waals surface area contributed by atoms with Crippen molar-refractivity contribution < 1.29 is 22.7 Å². The van der Waals surface area contributed by atoms with Crippen molar-refractivity contribution in [1.29, 1.82) is 0 Å². The Hall–Kier alpha value is -2.00. The molecule has 1 amide bonds. The monoisotopic (exact) mass is 394 g/mol. The molecule has 1 aliphatic heterocycles. The Bertz CT molecular complexity index is 964. The van der Waals surface area contributed by atoms with E-state index in [-0.39, 0.29) is 36.1 Å². The highest BCUT2D eigenvalue weighted by Crippen LogP contribution is 2.32. The van der Waals surface area contributed by atoms with Crippen LogP contribution in [0, 0.1) is 0 Å². The third-order valence-electron chi connectivity index (χ3n) is 4.72. The number of esters is 1. The quantitative estimate of drug-likeness (QED) is 0.716. The largest absolute Gasteiger partial charge is 0.452 e. The Balaban J connectivity index is 1.41. The summed E-state index contributed by atoms with van der Waals surface area (Å²) in [5.74, 6) is -0.765. The van der Waals surface area contributed by atoms with Crippen LogP contribution in [0.15, 0.2) is 23.7 Å². The first-order valence-corrected chi connectivity index (χ1v) is 11.1. The summed E-state index contributed by atoms with van der Waals surface area (Å²) in [6.45, 7) is -0.368. The Morgan fingerprint density at radius 2 is 2.04 bits per heavy atom. The van der Waals surface area contributed by atoms with Crippen molar-refractivity contribution in [2.75, 3.05) is 18.1 Å². The third kappa shape index (κ3) is 3.59. The second-order valence-corrected chi connectivity index (χ2v) is 9.82. The van der Waals surface area contributed by atoms with E-state index in [2.05, 4.69) is 4.98 Å². The van der Waals surface area contributed by atoms with E-state index < -0.39 is 15.8 Å². The number of aromatic nitrogens is 1. The Labute approximate surface area is 154 Å². The third-order valence-corrected chi connectivity index (χ3v) is 7.27. The number of carbonyl (C=O) groups is 2. The molecule has 9 heteroatoms. The van der Waals surface area contributed by atoms with Gasteiger partial charge in [0.15, 0.2) is 16.4 Å². The number of amides is 1. The molecule has 7 nitrogen and oxygen atoms in total. The standard InChI is InChI=1S/C17H18N2O5S2/c20-16(19(12-2-3-12)13-5-6-26(22,23)9-13)8-24-17(21)11-1-4-14-15(7-11)25-10-18-14/h1,4,7,10,12-13H,2-3,5-6,8-9H2/t13-/m0/s1. The van der Waals surface area contributed by atoms with Gasteiger partial charge in [0.05, 0.1) is 32.8 Å². The van der Waals surface area contributed by atoms with Gasteiger partial charge in [-0.15, -0.1) is 11.3 Å². The molecule has 2 heterocycles. The molecule has 26 heavy (non-hydrogen) atoms. The molecule has 0 radical (unpaired) electrons. The average Bonchev–Trinajstić information content (AvgIpc) is 3.20. The molecule has 2 fully saturated rings. The van der Waals surface area contributed by atoms with E-state index in [1.165, 1.54) is 11.3 Å². The fraction of sp³-hybridized carbons (Fsp3) is 0.471. The van der Waals surface area contributed by atoms with Crippen LogP contribution in [-0.4, -0.2) is 60.4 Å². The molecule has 0 N–H and O–H groups in total. The summed E-state index contributed by atoms with van der Waals surface area (Å²) in [5, 5.41) is 0. The first-order chi connectivity index (χ1) is 12.4. The maximum Gasteiger partial charge on any atom is 0.338 e. The first kappa shape index (κ1) is 17.4. The summed E-state index contributed by atoms with van der Waals surface area (Å²) in [6.07, 6.45) is 2.21. The average molecular weight is 394 g/mol. The molecule has 0 unspecified atom stereocenters. The lowest BCUT2D eigenvalue weighted by Gasteiger charge is -2.28. The second-order valence-electron chi connectivity index (χ2n) is 6.70. The van der Waals surface area contributed by atoms with E-state index >= 15 is 0 Å². The van der Waals surface area contributed by atoms with E-state index in [1.54, 1.807) is 28.6 Å². The van der Waals surface area contributed by atoms with Gasteiger partial charge in [-0.05, 0) is 37.5 Å². The molecule has 2 aromatic rings. The van der Waals surface area contributed by atoms with Crippen molar-refractivity contribution in [3.63, 3.8) is 0 Å². The van der Waals surface area contributed by atoms with E-state index in [0.717, 1.165) is 23.1 Å². The molecule has 0 bridgehead atoms. The molecule has 1 saturated heterocycles. The van der Waals surface area contributed by atoms with Crippen molar-refractivity contribution in [2.24, 2.45) is 0 Å². The Morgan fingerprint density at radius 3 is 2.73 bits per heavy atom. The Morgan fingerprint density at radius 1 is 1.23 bits per heavy atom. The molecule has 1 saturated carbocycles. The first-order valence-electron chi connectivity index (χ1n) is 8.45. The zero-order chi connectivity index (χ0) is 18.3. The minimum absolute atomic E-state index is 0.00519. The van der Waals surface area contributed by atoms with Gasteiger partial charge < -0.3 is 9.64 Å². The Kier molecular flexibility index (Phi) is 4.44. The molecule has 138 valence electrons. The van der Waals surface area contributed by atoms with Crippen LogP contribution < -0.4 is 0 Å². The minimum Gasteiger partial charge on any atom is -0.452 e. The number of hydrogen-bond donors (Lipinski definition) is 0. The van der Waals surface area contributed by atoms with Crippen molar-refractivity contribution in [2.45, 2.75) is 31.3 Å². The van der Waals surface area contributed by atoms with E-state index in [1.807, 2.05) is 0 Å². The predicted molar refractivity (Wildman–Crippen MR) is 96.8 cm³/mol. The highest BCUT2D eigenvalue weighted by molar-refractivity contribution is 7.91. The lowest BCUT2D eigenvalue weighted by Crippen LogP contribution is -2.44. The molecule has 1 aromatic carbocycles. The molecule has 1 atom stereocenters. The molecular formula is C17H18N2O5S2. The van der Waals surface area contributed by atoms with Gasteiger partial charge in [-0.2, -0.15) is 0 Å². The van der Waals surface area contributed by atoms with Gasteiger partial charge in [0, 0.05) is 12.1 Å². The van der Waals surface area contributed by atoms with E-state index in [0.29, 0.717) is 12.0 Å². The van der Waals surface area contributed by atoms with Crippen LogP contribution in [-0.2, 0) is 19.4 Å². The normalized spacial score (nSPS) is 21.6. The highest BCUT2D eigenvalue weighted by Gasteiger charge is 2.42. The molecular weight excluding hydrogens is 376 g/mol. The topological polar surface area (TPSA) is 93.6 Å². The van der Waals surface area contributed by atoms with Crippen molar-refractivity contribution in [3.05, 3.63) is 29.3 Å². The summed E-state index contributed by atoms with van der Waals surface area (Å²) < 4.78 is 29.5. The lowest BCUT2D eigenvalue weighted by atomic mass is 10.2. The van der Waals surface area contributed by atoms with Crippen molar-refractivity contribution >= 4 is 43.3 Å². The summed E-state index contributed by atoms with van der Waals surface area (Å²) in [5.41, 5.74) is 2.88. The van der Waals surface area contributed by atoms with Gasteiger partial charge in [0.25, 0.3) is 5.91 Å². The van der Waals surface area contributed by atoms with Gasteiger partial charge in [-0.3, -0.25) is 4.79 Å². The number of fused-ring (bicyclic) bond motifs is 1.